The number of methoxy groups -OCH3 is 1. The third-order valence-corrected chi connectivity index (χ3v) is 2.54. The van der Waals surface area contributed by atoms with Crippen molar-refractivity contribution in [3.8, 4) is 11.8 Å². The molecule has 1 unspecified atom stereocenters. The summed E-state index contributed by atoms with van der Waals surface area (Å²) in [5, 5.41) is 15.4. The molecular formula is C13H19N3O. The smallest absolute Gasteiger partial charge is 0.121 e. The van der Waals surface area contributed by atoms with Crippen molar-refractivity contribution in [3.05, 3.63) is 23.8 Å². The summed E-state index contributed by atoms with van der Waals surface area (Å²) in [5.74, 6) is 1.26. The van der Waals surface area contributed by atoms with Gasteiger partial charge in [0.15, 0.2) is 0 Å². The molecule has 1 aromatic carbocycles. The highest BCUT2D eigenvalue weighted by Crippen LogP contribution is 2.21. The van der Waals surface area contributed by atoms with Gasteiger partial charge in [0.25, 0.3) is 0 Å². The molecule has 0 radical (unpaired) electrons. The van der Waals surface area contributed by atoms with Crippen molar-refractivity contribution in [1.29, 1.82) is 5.26 Å². The summed E-state index contributed by atoms with van der Waals surface area (Å²) < 4.78 is 5.15. The quantitative estimate of drug-likeness (QED) is 0.787. The van der Waals surface area contributed by atoms with Crippen LogP contribution in [0.3, 0.4) is 0 Å². The second-order valence-corrected chi connectivity index (χ2v) is 4.07. The van der Waals surface area contributed by atoms with Crippen LogP contribution < -0.4 is 15.4 Å². The third kappa shape index (κ3) is 3.97. The lowest BCUT2D eigenvalue weighted by atomic mass is 10.1. The molecule has 4 nitrogen and oxygen atoms in total. The van der Waals surface area contributed by atoms with Gasteiger partial charge >= 0.3 is 0 Å². The first kappa shape index (κ1) is 13.3. The first-order chi connectivity index (χ1) is 8.21. The number of hydrogen-bond donors (Lipinski definition) is 2. The summed E-state index contributed by atoms with van der Waals surface area (Å²) in [7, 11) is 3.55. The van der Waals surface area contributed by atoms with E-state index in [0.717, 1.165) is 24.5 Å². The van der Waals surface area contributed by atoms with E-state index in [-0.39, 0.29) is 0 Å². The van der Waals surface area contributed by atoms with Gasteiger partial charge < -0.3 is 15.4 Å². The zero-order valence-electron chi connectivity index (χ0n) is 10.6. The van der Waals surface area contributed by atoms with E-state index in [1.165, 1.54) is 0 Å². The minimum absolute atomic E-state index is 0.498. The molecule has 0 aromatic heterocycles. The summed E-state index contributed by atoms with van der Waals surface area (Å²) in [6, 6.07) is 7.58. The van der Waals surface area contributed by atoms with Crippen molar-refractivity contribution in [2.24, 2.45) is 5.92 Å². The summed E-state index contributed by atoms with van der Waals surface area (Å²) >= 11 is 0. The molecule has 0 aliphatic heterocycles. The molecule has 2 N–H and O–H groups in total. The van der Waals surface area contributed by atoms with Crippen LogP contribution in [0.25, 0.3) is 0 Å². The molecule has 1 atom stereocenters. The molecular weight excluding hydrogens is 214 g/mol. The fourth-order valence-electron chi connectivity index (χ4n) is 1.60. The van der Waals surface area contributed by atoms with Crippen LogP contribution in [0.2, 0.25) is 0 Å². The van der Waals surface area contributed by atoms with Crippen molar-refractivity contribution in [3.63, 3.8) is 0 Å². The van der Waals surface area contributed by atoms with Gasteiger partial charge in [-0.2, -0.15) is 5.26 Å². The van der Waals surface area contributed by atoms with Gasteiger partial charge in [-0.15, -0.1) is 0 Å². The van der Waals surface area contributed by atoms with Gasteiger partial charge in [0.2, 0.25) is 0 Å². The van der Waals surface area contributed by atoms with E-state index in [0.29, 0.717) is 11.5 Å². The Morgan fingerprint density at radius 3 is 2.76 bits per heavy atom. The molecule has 0 heterocycles. The van der Waals surface area contributed by atoms with E-state index in [4.69, 9.17) is 10.00 Å². The topological polar surface area (TPSA) is 57.1 Å². The summed E-state index contributed by atoms with van der Waals surface area (Å²) in [4.78, 5) is 0. The lowest BCUT2D eigenvalue weighted by Crippen LogP contribution is -2.23. The van der Waals surface area contributed by atoms with Crippen LogP contribution in [0.1, 0.15) is 12.5 Å². The number of rotatable bonds is 6. The zero-order chi connectivity index (χ0) is 12.7. The Labute approximate surface area is 103 Å². The number of nitriles is 1. The van der Waals surface area contributed by atoms with Crippen LogP contribution in [-0.2, 0) is 0 Å². The molecule has 17 heavy (non-hydrogen) atoms. The molecule has 1 rings (SSSR count). The molecule has 0 bridgehead atoms. The maximum Gasteiger partial charge on any atom is 0.121 e. The standard InChI is InChI=1S/C13H19N3O/c1-10(8-15-2)9-16-13-6-12(17-3)5-4-11(13)7-14/h4-6,10,15-16H,8-9H2,1-3H3. The highest BCUT2D eigenvalue weighted by molar-refractivity contribution is 5.60. The number of nitrogens with zero attached hydrogens (tertiary/aromatic N) is 1. The monoisotopic (exact) mass is 233 g/mol. The van der Waals surface area contributed by atoms with Crippen molar-refractivity contribution < 1.29 is 4.74 Å². The van der Waals surface area contributed by atoms with E-state index in [9.17, 15) is 0 Å². The SMILES string of the molecule is CNCC(C)CNc1cc(OC)ccc1C#N. The Bertz CT molecular complexity index is 398. The Morgan fingerprint density at radius 2 is 2.18 bits per heavy atom. The molecule has 4 heteroatoms. The number of ether oxygens (including phenoxy) is 1. The Kier molecular flexibility index (Phi) is 5.31. The van der Waals surface area contributed by atoms with E-state index in [1.54, 1.807) is 19.2 Å². The van der Waals surface area contributed by atoms with Gasteiger partial charge in [0.05, 0.1) is 18.4 Å². The van der Waals surface area contributed by atoms with Crippen molar-refractivity contribution >= 4 is 5.69 Å². The number of benzene rings is 1. The Morgan fingerprint density at radius 1 is 1.41 bits per heavy atom. The average molecular weight is 233 g/mol. The van der Waals surface area contributed by atoms with Gasteiger partial charge in [-0.3, -0.25) is 0 Å². The summed E-state index contributed by atoms with van der Waals surface area (Å²) in [6.07, 6.45) is 0. The first-order valence-corrected chi connectivity index (χ1v) is 5.67. The van der Waals surface area contributed by atoms with Gasteiger partial charge in [-0.1, -0.05) is 6.92 Å². The summed E-state index contributed by atoms with van der Waals surface area (Å²) in [5.41, 5.74) is 1.47. The van der Waals surface area contributed by atoms with Gasteiger partial charge in [0, 0.05) is 12.6 Å². The molecule has 0 saturated heterocycles. The van der Waals surface area contributed by atoms with E-state index >= 15 is 0 Å². The largest absolute Gasteiger partial charge is 0.497 e. The van der Waals surface area contributed by atoms with Crippen molar-refractivity contribution in [2.75, 3.05) is 32.6 Å². The Balaban J connectivity index is 2.71. The van der Waals surface area contributed by atoms with E-state index < -0.39 is 0 Å². The molecule has 1 aromatic rings. The maximum absolute atomic E-state index is 9.01. The molecule has 0 spiro atoms. The normalized spacial score (nSPS) is 11.6. The van der Waals surface area contributed by atoms with Crippen LogP contribution >= 0.6 is 0 Å². The minimum atomic E-state index is 0.498. The van der Waals surface area contributed by atoms with Crippen LogP contribution in [0.15, 0.2) is 18.2 Å². The second-order valence-electron chi connectivity index (χ2n) is 4.07. The predicted molar refractivity (Wildman–Crippen MR) is 69.3 cm³/mol. The maximum atomic E-state index is 9.01. The minimum Gasteiger partial charge on any atom is -0.497 e. The lowest BCUT2D eigenvalue weighted by molar-refractivity contribution is 0.415. The van der Waals surface area contributed by atoms with Gasteiger partial charge in [0.1, 0.15) is 11.8 Å². The second kappa shape index (κ2) is 6.77. The third-order valence-electron chi connectivity index (χ3n) is 2.54. The lowest BCUT2D eigenvalue weighted by Gasteiger charge is -2.14. The van der Waals surface area contributed by atoms with Gasteiger partial charge in [-0.25, -0.2) is 0 Å². The predicted octanol–water partition coefficient (Wildman–Crippen LogP) is 1.83. The zero-order valence-corrected chi connectivity index (χ0v) is 10.6. The van der Waals surface area contributed by atoms with Crippen molar-refractivity contribution in [2.45, 2.75) is 6.92 Å². The summed E-state index contributed by atoms with van der Waals surface area (Å²) in [6.45, 7) is 3.91. The highest BCUT2D eigenvalue weighted by Gasteiger charge is 2.05. The molecule has 92 valence electrons. The first-order valence-electron chi connectivity index (χ1n) is 5.67. The van der Waals surface area contributed by atoms with Crippen LogP contribution in [-0.4, -0.2) is 27.2 Å². The molecule has 0 amide bonds. The van der Waals surface area contributed by atoms with Crippen LogP contribution in [0, 0.1) is 17.2 Å². The molecule has 0 fully saturated rings. The van der Waals surface area contributed by atoms with Crippen molar-refractivity contribution in [1.82, 2.24) is 5.32 Å². The number of anilines is 1. The van der Waals surface area contributed by atoms with E-state index in [2.05, 4.69) is 23.6 Å². The van der Waals surface area contributed by atoms with Crippen LogP contribution in [0.4, 0.5) is 5.69 Å². The fourth-order valence-corrected chi connectivity index (χ4v) is 1.60. The molecule has 0 aliphatic carbocycles. The van der Waals surface area contributed by atoms with E-state index in [1.807, 2.05) is 13.1 Å². The molecule has 0 saturated carbocycles. The average Bonchev–Trinajstić information content (AvgIpc) is 2.36. The number of nitrogens with one attached hydrogen (secondary N) is 2. The number of hydrogen-bond acceptors (Lipinski definition) is 4. The van der Waals surface area contributed by atoms with Crippen LogP contribution in [0.5, 0.6) is 5.75 Å². The molecule has 0 aliphatic rings. The highest BCUT2D eigenvalue weighted by atomic mass is 16.5. The fraction of sp³-hybridized carbons (Fsp3) is 0.462. The van der Waals surface area contributed by atoms with Gasteiger partial charge in [-0.05, 0) is 31.6 Å². The Hall–Kier alpha value is -1.73.